The molecule has 0 radical (unpaired) electrons. The van der Waals surface area contributed by atoms with E-state index in [2.05, 4.69) is 35.2 Å². The molecule has 0 aliphatic carbocycles. The van der Waals surface area contributed by atoms with Crippen LogP contribution in [0.4, 0.5) is 0 Å². The molecule has 0 amide bonds. The molecular weight excluding hydrogens is 334 g/mol. The van der Waals surface area contributed by atoms with Gasteiger partial charge in [-0.3, -0.25) is 0 Å². The van der Waals surface area contributed by atoms with Crippen LogP contribution in [0, 0.1) is 0 Å². The molecule has 1 saturated heterocycles. The van der Waals surface area contributed by atoms with Crippen LogP contribution in [0.3, 0.4) is 0 Å². The summed E-state index contributed by atoms with van der Waals surface area (Å²) in [5, 5.41) is 10.9. The van der Waals surface area contributed by atoms with Crippen LogP contribution in [0.25, 0.3) is 0 Å². The van der Waals surface area contributed by atoms with E-state index >= 15 is 0 Å². The van der Waals surface area contributed by atoms with Gasteiger partial charge in [-0.05, 0) is 55.1 Å². The Morgan fingerprint density at radius 3 is 2.40 bits per heavy atom. The SMILES string of the molecule is OC(COCc1ccc(Cl)cc1)CN1CCC(c2ccccc2)CC1. The Hall–Kier alpha value is -1.39. The number of nitrogens with zero attached hydrogens (tertiary/aromatic N) is 1. The molecule has 3 rings (SSSR count). The summed E-state index contributed by atoms with van der Waals surface area (Å²) in [6.45, 7) is 3.62. The second-order valence-electron chi connectivity index (χ2n) is 6.78. The molecule has 1 heterocycles. The maximum atomic E-state index is 10.2. The average Bonchev–Trinajstić information content (AvgIpc) is 2.65. The van der Waals surface area contributed by atoms with Crippen molar-refractivity contribution in [2.45, 2.75) is 31.5 Å². The molecule has 1 unspecified atom stereocenters. The van der Waals surface area contributed by atoms with Gasteiger partial charge in [0.15, 0.2) is 0 Å². The number of piperidine rings is 1. The lowest BCUT2D eigenvalue weighted by atomic mass is 9.89. The number of rotatable bonds is 7. The summed E-state index contributed by atoms with van der Waals surface area (Å²) in [6.07, 6.45) is 1.87. The molecule has 2 aromatic rings. The summed E-state index contributed by atoms with van der Waals surface area (Å²) in [7, 11) is 0. The van der Waals surface area contributed by atoms with Gasteiger partial charge in [0.25, 0.3) is 0 Å². The normalized spacial score (nSPS) is 17.5. The summed E-state index contributed by atoms with van der Waals surface area (Å²) < 4.78 is 5.63. The second kappa shape index (κ2) is 9.35. The lowest BCUT2D eigenvalue weighted by molar-refractivity contribution is 0.00622. The zero-order valence-corrected chi connectivity index (χ0v) is 15.2. The van der Waals surface area contributed by atoms with Crippen LogP contribution in [0.5, 0.6) is 0 Å². The first-order valence-electron chi connectivity index (χ1n) is 8.98. The van der Waals surface area contributed by atoms with Gasteiger partial charge in [-0.15, -0.1) is 0 Å². The zero-order valence-electron chi connectivity index (χ0n) is 14.5. The van der Waals surface area contributed by atoms with Crippen molar-refractivity contribution in [1.82, 2.24) is 4.90 Å². The van der Waals surface area contributed by atoms with Crippen molar-refractivity contribution in [2.24, 2.45) is 0 Å². The number of hydrogen-bond donors (Lipinski definition) is 1. The Bertz CT molecular complexity index is 624. The van der Waals surface area contributed by atoms with Crippen molar-refractivity contribution in [3.63, 3.8) is 0 Å². The summed E-state index contributed by atoms with van der Waals surface area (Å²) in [4.78, 5) is 2.34. The van der Waals surface area contributed by atoms with Crippen molar-refractivity contribution in [2.75, 3.05) is 26.2 Å². The topological polar surface area (TPSA) is 32.7 Å². The minimum atomic E-state index is -0.444. The predicted octanol–water partition coefficient (Wildman–Crippen LogP) is 4.10. The predicted molar refractivity (Wildman–Crippen MR) is 102 cm³/mol. The number of β-amino-alcohol motifs (C(OH)–C–C–N with tert-alkyl or cyclic N) is 1. The van der Waals surface area contributed by atoms with E-state index < -0.39 is 6.10 Å². The van der Waals surface area contributed by atoms with Gasteiger partial charge in [0.2, 0.25) is 0 Å². The maximum Gasteiger partial charge on any atom is 0.0900 e. The number of hydrogen-bond acceptors (Lipinski definition) is 3. The van der Waals surface area contributed by atoms with E-state index in [1.807, 2.05) is 24.3 Å². The number of benzene rings is 2. The summed E-state index contributed by atoms with van der Waals surface area (Å²) >= 11 is 5.87. The zero-order chi connectivity index (χ0) is 17.5. The van der Waals surface area contributed by atoms with Crippen molar-refractivity contribution in [3.05, 3.63) is 70.7 Å². The van der Waals surface area contributed by atoms with Crippen molar-refractivity contribution in [3.8, 4) is 0 Å². The van der Waals surface area contributed by atoms with Gasteiger partial charge in [-0.25, -0.2) is 0 Å². The molecule has 1 fully saturated rings. The Morgan fingerprint density at radius 1 is 1.04 bits per heavy atom. The molecule has 4 heteroatoms. The smallest absolute Gasteiger partial charge is 0.0900 e. The minimum absolute atomic E-state index is 0.362. The molecule has 1 atom stereocenters. The van der Waals surface area contributed by atoms with Crippen LogP contribution >= 0.6 is 11.6 Å². The summed E-state index contributed by atoms with van der Waals surface area (Å²) in [5.74, 6) is 0.649. The molecular formula is C21H26ClNO2. The molecule has 1 aliphatic heterocycles. The molecule has 0 aromatic heterocycles. The first-order valence-corrected chi connectivity index (χ1v) is 9.36. The molecule has 0 saturated carbocycles. The largest absolute Gasteiger partial charge is 0.389 e. The fourth-order valence-corrected chi connectivity index (χ4v) is 3.54. The van der Waals surface area contributed by atoms with E-state index in [-0.39, 0.29) is 0 Å². The van der Waals surface area contributed by atoms with E-state index in [4.69, 9.17) is 16.3 Å². The minimum Gasteiger partial charge on any atom is -0.389 e. The molecule has 25 heavy (non-hydrogen) atoms. The van der Waals surface area contributed by atoms with E-state index in [9.17, 15) is 5.11 Å². The number of aliphatic hydroxyl groups is 1. The highest BCUT2D eigenvalue weighted by atomic mass is 35.5. The average molecular weight is 360 g/mol. The third kappa shape index (κ3) is 5.82. The highest BCUT2D eigenvalue weighted by Gasteiger charge is 2.22. The fraction of sp³-hybridized carbons (Fsp3) is 0.429. The maximum absolute atomic E-state index is 10.2. The van der Waals surface area contributed by atoms with Gasteiger partial charge in [0, 0.05) is 11.6 Å². The molecule has 1 aliphatic rings. The van der Waals surface area contributed by atoms with E-state index in [0.717, 1.165) is 36.5 Å². The van der Waals surface area contributed by atoms with Gasteiger partial charge >= 0.3 is 0 Å². The van der Waals surface area contributed by atoms with E-state index in [1.54, 1.807) is 0 Å². The molecule has 3 nitrogen and oxygen atoms in total. The fourth-order valence-electron chi connectivity index (χ4n) is 3.42. The van der Waals surface area contributed by atoms with Crippen molar-refractivity contribution >= 4 is 11.6 Å². The van der Waals surface area contributed by atoms with Gasteiger partial charge in [0.05, 0.1) is 19.3 Å². The lowest BCUT2D eigenvalue weighted by Crippen LogP contribution is -2.39. The molecule has 0 bridgehead atoms. The second-order valence-corrected chi connectivity index (χ2v) is 7.22. The van der Waals surface area contributed by atoms with E-state index in [0.29, 0.717) is 25.7 Å². The Kier molecular flexibility index (Phi) is 6.88. The number of halogens is 1. The third-order valence-corrected chi connectivity index (χ3v) is 5.07. The Labute approximate surface area is 155 Å². The van der Waals surface area contributed by atoms with Crippen LogP contribution in [0.1, 0.15) is 29.9 Å². The monoisotopic (exact) mass is 359 g/mol. The van der Waals surface area contributed by atoms with Gasteiger partial charge < -0.3 is 14.7 Å². The summed E-state index contributed by atoms with van der Waals surface area (Å²) in [5.41, 5.74) is 2.51. The van der Waals surface area contributed by atoms with Crippen LogP contribution in [0.15, 0.2) is 54.6 Å². The van der Waals surface area contributed by atoms with Crippen molar-refractivity contribution in [1.29, 1.82) is 0 Å². The van der Waals surface area contributed by atoms with E-state index in [1.165, 1.54) is 5.56 Å². The molecule has 2 aromatic carbocycles. The molecule has 0 spiro atoms. The number of likely N-dealkylation sites (tertiary alicyclic amines) is 1. The number of aliphatic hydroxyl groups excluding tert-OH is 1. The highest BCUT2D eigenvalue weighted by molar-refractivity contribution is 6.30. The molecule has 1 N–H and O–H groups in total. The first kappa shape index (κ1) is 18.4. The third-order valence-electron chi connectivity index (χ3n) is 4.82. The van der Waals surface area contributed by atoms with Crippen LogP contribution in [-0.4, -0.2) is 42.4 Å². The number of ether oxygens (including phenoxy) is 1. The lowest BCUT2D eigenvalue weighted by Gasteiger charge is -2.33. The molecule has 134 valence electrons. The van der Waals surface area contributed by atoms with Crippen LogP contribution < -0.4 is 0 Å². The Balaban J connectivity index is 1.35. The quantitative estimate of drug-likeness (QED) is 0.808. The summed E-state index contributed by atoms with van der Waals surface area (Å²) in [6, 6.07) is 18.3. The van der Waals surface area contributed by atoms with Gasteiger partial charge in [-0.1, -0.05) is 54.1 Å². The van der Waals surface area contributed by atoms with Gasteiger partial charge in [0.1, 0.15) is 0 Å². The van der Waals surface area contributed by atoms with Crippen LogP contribution in [-0.2, 0) is 11.3 Å². The first-order chi connectivity index (χ1) is 12.2. The Morgan fingerprint density at radius 2 is 1.72 bits per heavy atom. The van der Waals surface area contributed by atoms with Crippen molar-refractivity contribution < 1.29 is 9.84 Å². The standard InChI is InChI=1S/C21H26ClNO2/c22-20-8-6-17(7-9-20)15-25-16-21(24)14-23-12-10-19(11-13-23)18-4-2-1-3-5-18/h1-9,19,21,24H,10-16H2. The van der Waals surface area contributed by atoms with Gasteiger partial charge in [-0.2, -0.15) is 0 Å². The highest BCUT2D eigenvalue weighted by Crippen LogP contribution is 2.27. The van der Waals surface area contributed by atoms with Crippen LogP contribution in [0.2, 0.25) is 5.02 Å².